The largest absolute Gasteiger partial charge is 0.496 e. The molecule has 0 radical (unpaired) electrons. The molecule has 0 aliphatic carbocycles. The Balaban J connectivity index is 2.01. The fourth-order valence-corrected chi connectivity index (χ4v) is 3.46. The topological polar surface area (TPSA) is 70.2 Å². The predicted octanol–water partition coefficient (Wildman–Crippen LogP) is 5.43. The number of aromatic nitrogens is 2. The summed E-state index contributed by atoms with van der Waals surface area (Å²) < 4.78 is 7.46. The average Bonchev–Trinajstić information content (AvgIpc) is 3.11. The summed E-state index contributed by atoms with van der Waals surface area (Å²) in [6, 6.07) is 24.1. The van der Waals surface area contributed by atoms with Gasteiger partial charge in [-0.3, -0.25) is 10.1 Å². The average molecular weight is 385 g/mol. The first-order chi connectivity index (χ1) is 14.1. The van der Waals surface area contributed by atoms with E-state index in [0.717, 1.165) is 39.5 Å². The lowest BCUT2D eigenvalue weighted by Crippen LogP contribution is -1.99. The first kappa shape index (κ1) is 18.4. The lowest BCUT2D eigenvalue weighted by Gasteiger charge is -2.13. The van der Waals surface area contributed by atoms with E-state index in [9.17, 15) is 10.1 Å². The van der Waals surface area contributed by atoms with E-state index in [-0.39, 0.29) is 5.69 Å². The summed E-state index contributed by atoms with van der Waals surface area (Å²) in [4.78, 5) is 10.7. The number of methoxy groups -OCH3 is 1. The first-order valence-corrected chi connectivity index (χ1v) is 9.13. The van der Waals surface area contributed by atoms with Gasteiger partial charge in [-0.2, -0.15) is 5.10 Å². The Morgan fingerprint density at radius 1 is 0.931 bits per heavy atom. The molecule has 0 saturated heterocycles. The van der Waals surface area contributed by atoms with Crippen molar-refractivity contribution in [1.82, 2.24) is 9.78 Å². The van der Waals surface area contributed by atoms with Crippen LogP contribution in [0, 0.1) is 17.0 Å². The van der Waals surface area contributed by atoms with Gasteiger partial charge in [0.2, 0.25) is 0 Å². The zero-order valence-electron chi connectivity index (χ0n) is 16.1. The third kappa shape index (κ3) is 3.36. The number of benzene rings is 3. The molecule has 6 nitrogen and oxygen atoms in total. The van der Waals surface area contributed by atoms with Crippen molar-refractivity contribution in [3.8, 4) is 33.8 Å². The van der Waals surface area contributed by atoms with Crippen LogP contribution in [0.3, 0.4) is 0 Å². The third-order valence-electron chi connectivity index (χ3n) is 4.79. The molecule has 0 unspecified atom stereocenters. The molecule has 0 aliphatic heterocycles. The van der Waals surface area contributed by atoms with E-state index in [0.29, 0.717) is 0 Å². The van der Waals surface area contributed by atoms with E-state index in [4.69, 9.17) is 9.84 Å². The molecular formula is C23H19N3O3. The molecule has 3 aromatic carbocycles. The Bertz CT molecular complexity index is 1170. The second-order valence-electron chi connectivity index (χ2n) is 6.56. The second-order valence-corrected chi connectivity index (χ2v) is 6.56. The molecule has 6 heteroatoms. The van der Waals surface area contributed by atoms with E-state index < -0.39 is 4.92 Å². The molecule has 0 atom stereocenters. The number of nitro groups is 1. The Kier molecular flexibility index (Phi) is 4.83. The summed E-state index contributed by atoms with van der Waals surface area (Å²) in [6.07, 6.45) is 0. The van der Waals surface area contributed by atoms with Gasteiger partial charge in [-0.05, 0) is 37.3 Å². The Morgan fingerprint density at radius 3 is 2.24 bits per heavy atom. The van der Waals surface area contributed by atoms with Crippen LogP contribution in [0.25, 0.3) is 28.1 Å². The van der Waals surface area contributed by atoms with Crippen LogP contribution in [0.5, 0.6) is 5.75 Å². The minimum absolute atomic E-state index is 0.0510. The monoisotopic (exact) mass is 385 g/mol. The Labute approximate surface area is 168 Å². The van der Waals surface area contributed by atoms with Crippen LogP contribution in [0.1, 0.15) is 5.69 Å². The molecule has 0 aliphatic rings. The molecule has 0 fully saturated rings. The highest BCUT2D eigenvalue weighted by Crippen LogP contribution is 2.40. The number of nitro benzene ring substituents is 1. The van der Waals surface area contributed by atoms with Gasteiger partial charge in [0.1, 0.15) is 5.75 Å². The summed E-state index contributed by atoms with van der Waals surface area (Å²) in [5.74, 6) is 0.742. The van der Waals surface area contributed by atoms with Gasteiger partial charge >= 0.3 is 0 Å². The van der Waals surface area contributed by atoms with Crippen LogP contribution in [0.2, 0.25) is 0 Å². The first-order valence-electron chi connectivity index (χ1n) is 9.13. The van der Waals surface area contributed by atoms with Crippen molar-refractivity contribution in [3.63, 3.8) is 0 Å². The summed E-state index contributed by atoms with van der Waals surface area (Å²) >= 11 is 0. The fourth-order valence-electron chi connectivity index (χ4n) is 3.46. The molecule has 0 spiro atoms. The summed E-state index contributed by atoms with van der Waals surface area (Å²) in [5.41, 5.74) is 5.34. The lowest BCUT2D eigenvalue weighted by molar-refractivity contribution is -0.384. The number of rotatable bonds is 5. The van der Waals surface area contributed by atoms with E-state index in [1.807, 2.05) is 66.2 Å². The number of para-hydroxylation sites is 2. The standard InChI is InChI=1S/C23H19N3O3/c1-16-22(20-10-6-7-11-21(20)29-2)23(17-12-14-19(15-13-17)26(27)28)25(24-16)18-8-4-3-5-9-18/h3-15H,1-2H3. The van der Waals surface area contributed by atoms with Gasteiger partial charge in [-0.25, -0.2) is 4.68 Å². The predicted molar refractivity (Wildman–Crippen MR) is 112 cm³/mol. The van der Waals surface area contributed by atoms with Crippen molar-refractivity contribution in [1.29, 1.82) is 0 Å². The molecule has 4 aromatic rings. The van der Waals surface area contributed by atoms with Crippen molar-refractivity contribution in [2.24, 2.45) is 0 Å². The normalized spacial score (nSPS) is 10.7. The second kappa shape index (κ2) is 7.59. The van der Waals surface area contributed by atoms with Gasteiger partial charge in [0.25, 0.3) is 5.69 Å². The minimum atomic E-state index is -0.398. The van der Waals surface area contributed by atoms with Gasteiger partial charge in [-0.1, -0.05) is 36.4 Å². The van der Waals surface area contributed by atoms with Gasteiger partial charge in [0.05, 0.1) is 29.1 Å². The number of nitrogens with zero attached hydrogens (tertiary/aromatic N) is 3. The molecule has 0 N–H and O–H groups in total. The van der Waals surface area contributed by atoms with Crippen molar-refractivity contribution in [2.75, 3.05) is 7.11 Å². The molecule has 1 aromatic heterocycles. The SMILES string of the molecule is COc1ccccc1-c1c(C)nn(-c2ccccc2)c1-c1ccc([N+](=O)[O-])cc1. The van der Waals surface area contributed by atoms with E-state index in [1.54, 1.807) is 19.2 Å². The van der Waals surface area contributed by atoms with Gasteiger partial charge < -0.3 is 4.74 Å². The highest BCUT2D eigenvalue weighted by Gasteiger charge is 2.22. The molecule has 4 rings (SSSR count). The summed E-state index contributed by atoms with van der Waals surface area (Å²) in [5, 5.41) is 15.9. The molecule has 0 amide bonds. The Morgan fingerprint density at radius 2 is 1.59 bits per heavy atom. The number of ether oxygens (including phenoxy) is 1. The fraction of sp³-hybridized carbons (Fsp3) is 0.0870. The lowest BCUT2D eigenvalue weighted by atomic mass is 9.98. The van der Waals surface area contributed by atoms with Crippen LogP contribution < -0.4 is 4.74 Å². The zero-order chi connectivity index (χ0) is 20.4. The van der Waals surface area contributed by atoms with E-state index >= 15 is 0 Å². The quantitative estimate of drug-likeness (QED) is 0.339. The van der Waals surface area contributed by atoms with Crippen LogP contribution in [-0.4, -0.2) is 21.8 Å². The highest BCUT2D eigenvalue weighted by atomic mass is 16.6. The maximum absolute atomic E-state index is 11.1. The van der Waals surface area contributed by atoms with Crippen molar-refractivity contribution in [3.05, 3.63) is 94.7 Å². The van der Waals surface area contributed by atoms with Crippen LogP contribution in [0.4, 0.5) is 5.69 Å². The molecular weight excluding hydrogens is 366 g/mol. The van der Waals surface area contributed by atoms with Crippen molar-refractivity contribution < 1.29 is 9.66 Å². The number of aryl methyl sites for hydroxylation is 1. The van der Waals surface area contributed by atoms with Gasteiger partial charge in [0.15, 0.2) is 0 Å². The van der Waals surface area contributed by atoms with Crippen molar-refractivity contribution >= 4 is 5.69 Å². The molecule has 144 valence electrons. The zero-order valence-corrected chi connectivity index (χ0v) is 16.1. The molecule has 29 heavy (non-hydrogen) atoms. The van der Waals surface area contributed by atoms with Crippen molar-refractivity contribution in [2.45, 2.75) is 6.92 Å². The maximum Gasteiger partial charge on any atom is 0.269 e. The maximum atomic E-state index is 11.1. The van der Waals surface area contributed by atoms with Crippen LogP contribution in [0.15, 0.2) is 78.9 Å². The highest BCUT2D eigenvalue weighted by molar-refractivity contribution is 5.87. The molecule has 1 heterocycles. The van der Waals surface area contributed by atoms with E-state index in [1.165, 1.54) is 12.1 Å². The summed E-state index contributed by atoms with van der Waals surface area (Å²) in [7, 11) is 1.64. The number of hydrogen-bond donors (Lipinski definition) is 0. The van der Waals surface area contributed by atoms with Crippen LogP contribution in [-0.2, 0) is 0 Å². The number of non-ortho nitro benzene ring substituents is 1. The molecule has 0 bridgehead atoms. The minimum Gasteiger partial charge on any atom is -0.496 e. The van der Waals surface area contributed by atoms with E-state index in [2.05, 4.69) is 0 Å². The van der Waals surface area contributed by atoms with Gasteiger partial charge in [0, 0.05) is 28.8 Å². The van der Waals surface area contributed by atoms with Gasteiger partial charge in [-0.15, -0.1) is 0 Å². The smallest absolute Gasteiger partial charge is 0.269 e. The van der Waals surface area contributed by atoms with Crippen LogP contribution >= 0.6 is 0 Å². The summed E-state index contributed by atoms with van der Waals surface area (Å²) in [6.45, 7) is 1.95. The number of hydrogen-bond acceptors (Lipinski definition) is 4. The third-order valence-corrected chi connectivity index (χ3v) is 4.79. The molecule has 0 saturated carbocycles. The Hall–Kier alpha value is -3.93.